The molecule has 2 amide bonds. The third-order valence-corrected chi connectivity index (χ3v) is 6.39. The van der Waals surface area contributed by atoms with E-state index in [1.54, 1.807) is 6.07 Å². The zero-order valence-corrected chi connectivity index (χ0v) is 17.9. The van der Waals surface area contributed by atoms with Crippen molar-refractivity contribution < 1.29 is 14.7 Å². The van der Waals surface area contributed by atoms with Crippen molar-refractivity contribution in [2.75, 3.05) is 19.6 Å². The van der Waals surface area contributed by atoms with Crippen molar-refractivity contribution in [1.82, 2.24) is 20.5 Å². The van der Waals surface area contributed by atoms with Gasteiger partial charge in [-0.3, -0.25) is 19.5 Å². The molecule has 2 fully saturated rings. The number of carbonyl (C=O) groups is 2. The number of pyridine rings is 1. The fraction of sp³-hybridized carbons (Fsp3) is 0.458. The van der Waals surface area contributed by atoms with Crippen LogP contribution in [0.25, 0.3) is 0 Å². The second-order valence-electron chi connectivity index (χ2n) is 8.75. The van der Waals surface area contributed by atoms with Crippen molar-refractivity contribution in [1.29, 1.82) is 0 Å². The lowest BCUT2D eigenvalue weighted by Gasteiger charge is -2.46. The molecule has 0 spiro atoms. The van der Waals surface area contributed by atoms with Gasteiger partial charge in [0.05, 0.1) is 18.8 Å². The Kier molecular flexibility index (Phi) is 6.51. The van der Waals surface area contributed by atoms with Crippen molar-refractivity contribution >= 4 is 11.8 Å². The highest BCUT2D eigenvalue weighted by molar-refractivity contribution is 5.96. The molecule has 0 atom stereocenters. The lowest BCUT2D eigenvalue weighted by molar-refractivity contribution is -0.122. The second-order valence-corrected chi connectivity index (χ2v) is 8.75. The molecule has 0 unspecified atom stereocenters. The summed E-state index contributed by atoms with van der Waals surface area (Å²) >= 11 is 0. The maximum atomic E-state index is 12.2. The van der Waals surface area contributed by atoms with Gasteiger partial charge in [0.2, 0.25) is 5.91 Å². The molecule has 0 radical (unpaired) electrons. The summed E-state index contributed by atoms with van der Waals surface area (Å²) in [4.78, 5) is 30.9. The summed E-state index contributed by atoms with van der Waals surface area (Å²) < 4.78 is 0. The fourth-order valence-electron chi connectivity index (χ4n) is 4.67. The van der Waals surface area contributed by atoms with E-state index in [4.69, 9.17) is 0 Å². The smallest absolute Gasteiger partial charge is 0.251 e. The summed E-state index contributed by atoms with van der Waals surface area (Å²) in [6.07, 6.45) is 7.75. The van der Waals surface area contributed by atoms with Crippen LogP contribution in [0, 0.1) is 6.92 Å². The first-order chi connectivity index (χ1) is 15.0. The van der Waals surface area contributed by atoms with E-state index >= 15 is 0 Å². The molecule has 3 N–H and O–H groups in total. The Bertz CT molecular complexity index is 934. The SMILES string of the molecule is Cc1cccc(C(=O)NCC(=O)NC2CN(C3CCC(c4cncc(O)c4)CC3)C2)c1. The highest BCUT2D eigenvalue weighted by Gasteiger charge is 2.35. The quantitative estimate of drug-likeness (QED) is 0.664. The first kappa shape index (κ1) is 21.3. The highest BCUT2D eigenvalue weighted by atomic mass is 16.3. The first-order valence-corrected chi connectivity index (χ1v) is 11.0. The summed E-state index contributed by atoms with van der Waals surface area (Å²) in [5, 5.41) is 15.3. The number of aryl methyl sites for hydroxylation is 1. The molecule has 4 rings (SSSR count). The first-order valence-electron chi connectivity index (χ1n) is 11.0. The molecule has 1 aliphatic carbocycles. The second kappa shape index (κ2) is 9.47. The molecule has 31 heavy (non-hydrogen) atoms. The van der Waals surface area contributed by atoms with Gasteiger partial charge in [0.1, 0.15) is 5.75 Å². The van der Waals surface area contributed by atoms with E-state index in [0.717, 1.165) is 49.9 Å². The molecule has 164 valence electrons. The average molecular weight is 423 g/mol. The average Bonchev–Trinajstić information content (AvgIpc) is 2.74. The van der Waals surface area contributed by atoms with Crippen LogP contribution in [-0.2, 0) is 4.79 Å². The third-order valence-electron chi connectivity index (χ3n) is 6.39. The summed E-state index contributed by atoms with van der Waals surface area (Å²) in [6, 6.07) is 9.85. The largest absolute Gasteiger partial charge is 0.506 e. The van der Waals surface area contributed by atoms with Crippen molar-refractivity contribution in [2.45, 2.75) is 50.6 Å². The lowest BCUT2D eigenvalue weighted by atomic mass is 9.81. The van der Waals surface area contributed by atoms with Gasteiger partial charge in [-0.05, 0) is 62.3 Å². The molecule has 2 heterocycles. The van der Waals surface area contributed by atoms with Crippen LogP contribution < -0.4 is 10.6 Å². The van der Waals surface area contributed by atoms with Gasteiger partial charge in [0, 0.05) is 30.9 Å². The van der Waals surface area contributed by atoms with Crippen LogP contribution >= 0.6 is 0 Å². The van der Waals surface area contributed by atoms with Gasteiger partial charge in [-0.1, -0.05) is 17.7 Å². The van der Waals surface area contributed by atoms with Gasteiger partial charge < -0.3 is 15.7 Å². The molecule has 1 saturated heterocycles. The van der Waals surface area contributed by atoms with Crippen LogP contribution in [0.2, 0.25) is 0 Å². The van der Waals surface area contributed by atoms with E-state index in [9.17, 15) is 14.7 Å². The van der Waals surface area contributed by atoms with Crippen LogP contribution in [0.3, 0.4) is 0 Å². The number of aromatic nitrogens is 1. The maximum Gasteiger partial charge on any atom is 0.251 e. The Morgan fingerprint density at radius 1 is 1.13 bits per heavy atom. The Balaban J connectivity index is 1.15. The zero-order chi connectivity index (χ0) is 21.8. The summed E-state index contributed by atoms with van der Waals surface area (Å²) in [7, 11) is 0. The summed E-state index contributed by atoms with van der Waals surface area (Å²) in [5.41, 5.74) is 2.71. The van der Waals surface area contributed by atoms with Gasteiger partial charge in [-0.2, -0.15) is 0 Å². The number of carbonyl (C=O) groups excluding carboxylic acids is 2. The minimum Gasteiger partial charge on any atom is -0.506 e. The normalized spacial score (nSPS) is 21.8. The number of benzene rings is 1. The number of aromatic hydroxyl groups is 1. The van der Waals surface area contributed by atoms with Gasteiger partial charge in [-0.15, -0.1) is 0 Å². The molecule has 2 aromatic rings. The van der Waals surface area contributed by atoms with Crippen molar-refractivity contribution in [2.24, 2.45) is 0 Å². The number of likely N-dealkylation sites (tertiary alicyclic amines) is 1. The monoisotopic (exact) mass is 422 g/mol. The standard InChI is InChI=1S/C24H30N4O3/c1-16-3-2-4-18(9-16)24(31)26-13-23(30)27-20-14-28(15-20)21-7-5-17(6-8-21)19-10-22(29)12-25-11-19/h2-4,9-12,17,20-21,29H,5-8,13-15H2,1H3,(H,26,31)(H,27,30). The molecule has 1 aromatic heterocycles. The fourth-order valence-corrected chi connectivity index (χ4v) is 4.67. The highest BCUT2D eigenvalue weighted by Crippen LogP contribution is 2.36. The van der Waals surface area contributed by atoms with Gasteiger partial charge in [0.15, 0.2) is 0 Å². The Labute approximate surface area is 182 Å². The Hall–Kier alpha value is -2.93. The molecule has 2 aliphatic rings. The number of rotatable bonds is 6. The molecule has 0 bridgehead atoms. The molecule has 7 nitrogen and oxygen atoms in total. The molecule has 1 aromatic carbocycles. The topological polar surface area (TPSA) is 94.6 Å². The van der Waals surface area contributed by atoms with Crippen molar-refractivity contribution in [3.63, 3.8) is 0 Å². The molecular formula is C24H30N4O3. The predicted molar refractivity (Wildman–Crippen MR) is 118 cm³/mol. The van der Waals surface area contributed by atoms with Crippen LogP contribution in [-0.4, -0.2) is 58.5 Å². The van der Waals surface area contributed by atoms with E-state index in [-0.39, 0.29) is 30.2 Å². The van der Waals surface area contributed by atoms with Gasteiger partial charge in [0.25, 0.3) is 5.91 Å². The minimum atomic E-state index is -0.229. The number of hydrogen-bond acceptors (Lipinski definition) is 5. The van der Waals surface area contributed by atoms with E-state index in [2.05, 4.69) is 20.5 Å². The van der Waals surface area contributed by atoms with Crippen LogP contribution in [0.15, 0.2) is 42.7 Å². The molecular weight excluding hydrogens is 392 g/mol. The van der Waals surface area contributed by atoms with E-state index in [1.807, 2.05) is 37.4 Å². The lowest BCUT2D eigenvalue weighted by Crippen LogP contribution is -2.63. The van der Waals surface area contributed by atoms with Crippen LogP contribution in [0.4, 0.5) is 0 Å². The Morgan fingerprint density at radius 3 is 2.61 bits per heavy atom. The summed E-state index contributed by atoms with van der Waals surface area (Å²) in [5.74, 6) is 0.319. The van der Waals surface area contributed by atoms with E-state index < -0.39 is 0 Å². The van der Waals surface area contributed by atoms with Crippen molar-refractivity contribution in [3.05, 3.63) is 59.4 Å². The maximum absolute atomic E-state index is 12.2. The number of nitrogens with zero attached hydrogens (tertiary/aromatic N) is 2. The molecule has 7 heteroatoms. The third kappa shape index (κ3) is 5.41. The van der Waals surface area contributed by atoms with E-state index in [0.29, 0.717) is 17.5 Å². The van der Waals surface area contributed by atoms with Crippen LogP contribution in [0.1, 0.15) is 53.1 Å². The van der Waals surface area contributed by atoms with Crippen molar-refractivity contribution in [3.8, 4) is 5.75 Å². The minimum absolute atomic E-state index is 0.00760. The number of amides is 2. The Morgan fingerprint density at radius 2 is 1.90 bits per heavy atom. The molecule has 1 saturated carbocycles. The van der Waals surface area contributed by atoms with Gasteiger partial charge >= 0.3 is 0 Å². The molecule has 1 aliphatic heterocycles. The summed E-state index contributed by atoms with van der Waals surface area (Å²) in [6.45, 7) is 3.65. The predicted octanol–water partition coefficient (Wildman–Crippen LogP) is 2.35. The zero-order valence-electron chi connectivity index (χ0n) is 17.9. The van der Waals surface area contributed by atoms with E-state index in [1.165, 1.54) is 6.20 Å². The van der Waals surface area contributed by atoms with Crippen LogP contribution in [0.5, 0.6) is 5.75 Å². The number of hydrogen-bond donors (Lipinski definition) is 3. The number of nitrogens with one attached hydrogen (secondary N) is 2. The van der Waals surface area contributed by atoms with Gasteiger partial charge in [-0.25, -0.2) is 0 Å².